The molecule has 2 fully saturated rings. The molecule has 4 rings (SSSR count). The molecule has 23 heavy (non-hydrogen) atoms. The second kappa shape index (κ2) is 5.40. The minimum atomic E-state index is 0.118. The molecule has 2 aromatic rings. The van der Waals surface area contributed by atoms with Crippen LogP contribution in [0.3, 0.4) is 0 Å². The van der Waals surface area contributed by atoms with Gasteiger partial charge >= 0.3 is 0 Å². The maximum atomic E-state index is 5.90. The van der Waals surface area contributed by atoms with Crippen LogP contribution in [0.2, 0.25) is 0 Å². The van der Waals surface area contributed by atoms with Gasteiger partial charge < -0.3 is 5.73 Å². The molecule has 2 saturated carbocycles. The normalized spacial score (nSPS) is 27.2. The van der Waals surface area contributed by atoms with Gasteiger partial charge in [-0.3, -0.25) is 0 Å². The van der Waals surface area contributed by atoms with Crippen LogP contribution in [0.1, 0.15) is 44.2 Å². The van der Waals surface area contributed by atoms with E-state index in [0.717, 1.165) is 5.69 Å². The molecular weight excluding hydrogens is 278 g/mol. The van der Waals surface area contributed by atoms with E-state index in [4.69, 9.17) is 5.73 Å². The summed E-state index contributed by atoms with van der Waals surface area (Å²) in [5, 5.41) is 0. The highest BCUT2D eigenvalue weighted by molar-refractivity contribution is 5.54. The van der Waals surface area contributed by atoms with Gasteiger partial charge in [0.2, 0.25) is 0 Å². The van der Waals surface area contributed by atoms with Crippen molar-refractivity contribution in [1.29, 1.82) is 0 Å². The lowest BCUT2D eigenvalue weighted by atomic mass is 9.68. The molecular formula is C22H25N. The molecule has 0 bridgehead atoms. The Labute approximate surface area is 139 Å². The highest BCUT2D eigenvalue weighted by Gasteiger charge is 2.57. The van der Waals surface area contributed by atoms with Crippen LogP contribution in [0.5, 0.6) is 0 Å². The Bertz CT molecular complexity index is 671. The van der Waals surface area contributed by atoms with E-state index < -0.39 is 0 Å². The standard InChI is InChI=1S/C22H25N/c1-22(2)20(15-7-4-3-5-8-15)18-9-6-10-19(18)21(22)16-11-13-17(23)14-12-16/h3-5,7-8,11-14,18-19H,6,9-10,23H2,1-2H3. The average Bonchev–Trinajstić information content (AvgIpc) is 3.06. The molecule has 1 nitrogen and oxygen atoms in total. The van der Waals surface area contributed by atoms with E-state index in [1.54, 1.807) is 11.8 Å². The molecule has 0 spiro atoms. The summed E-state index contributed by atoms with van der Waals surface area (Å²) in [7, 11) is 0. The van der Waals surface area contributed by atoms with Crippen LogP contribution in [0, 0.1) is 29.1 Å². The topological polar surface area (TPSA) is 26.0 Å². The first-order valence-electron chi connectivity index (χ1n) is 8.75. The summed E-state index contributed by atoms with van der Waals surface area (Å²) < 4.78 is 0. The highest BCUT2D eigenvalue weighted by atomic mass is 14.6. The summed E-state index contributed by atoms with van der Waals surface area (Å²) in [6.07, 6.45) is 4.00. The first-order valence-corrected chi connectivity index (χ1v) is 8.75. The Morgan fingerprint density at radius 3 is 1.87 bits per heavy atom. The van der Waals surface area contributed by atoms with Gasteiger partial charge in [-0.1, -0.05) is 62.7 Å². The lowest BCUT2D eigenvalue weighted by molar-refractivity contribution is 0.436. The van der Waals surface area contributed by atoms with Gasteiger partial charge in [0, 0.05) is 17.5 Å². The van der Waals surface area contributed by atoms with Crippen molar-refractivity contribution in [1.82, 2.24) is 0 Å². The van der Waals surface area contributed by atoms with Crippen LogP contribution in [-0.2, 0) is 0 Å². The van der Waals surface area contributed by atoms with Crippen LogP contribution >= 0.6 is 0 Å². The van der Waals surface area contributed by atoms with Gasteiger partial charge in [0.05, 0.1) is 0 Å². The average molecular weight is 303 g/mol. The Hall–Kier alpha value is -1.76. The molecule has 0 amide bonds. The summed E-state index contributed by atoms with van der Waals surface area (Å²) in [6.45, 7) is 4.83. The molecule has 2 aliphatic rings. The third-order valence-electron chi connectivity index (χ3n) is 5.91. The smallest absolute Gasteiger partial charge is 0.0314 e. The minimum absolute atomic E-state index is 0.118. The predicted octanol–water partition coefficient (Wildman–Crippen LogP) is 5.27. The predicted molar refractivity (Wildman–Crippen MR) is 96.6 cm³/mol. The molecule has 2 aromatic carbocycles. The largest absolute Gasteiger partial charge is 0.399 e. The Morgan fingerprint density at radius 2 is 1.30 bits per heavy atom. The van der Waals surface area contributed by atoms with Gasteiger partial charge in [-0.15, -0.1) is 0 Å². The van der Waals surface area contributed by atoms with Gasteiger partial charge in [-0.25, -0.2) is 0 Å². The molecule has 0 aliphatic heterocycles. The van der Waals surface area contributed by atoms with Crippen LogP contribution in [0.25, 0.3) is 0 Å². The van der Waals surface area contributed by atoms with Gasteiger partial charge in [0.1, 0.15) is 0 Å². The maximum absolute atomic E-state index is 5.90. The number of nitrogens with two attached hydrogens (primary N) is 1. The lowest BCUT2D eigenvalue weighted by Crippen LogP contribution is -2.26. The third-order valence-corrected chi connectivity index (χ3v) is 5.91. The van der Waals surface area contributed by atoms with Gasteiger partial charge in [-0.2, -0.15) is 0 Å². The molecule has 2 N–H and O–H groups in total. The fourth-order valence-electron chi connectivity index (χ4n) is 5.15. The van der Waals surface area contributed by atoms with Crippen molar-refractivity contribution in [3.8, 4) is 0 Å². The Balaban J connectivity index is 1.79. The molecule has 2 unspecified atom stereocenters. The van der Waals surface area contributed by atoms with Crippen LogP contribution in [0.4, 0.5) is 5.69 Å². The van der Waals surface area contributed by atoms with Gasteiger partial charge in [0.25, 0.3) is 0 Å². The number of hydrogen-bond donors (Lipinski definition) is 1. The monoisotopic (exact) mass is 303 g/mol. The van der Waals surface area contributed by atoms with Crippen molar-refractivity contribution in [2.75, 3.05) is 5.73 Å². The summed E-state index contributed by atoms with van der Waals surface area (Å²) >= 11 is 0. The first kappa shape index (κ1) is 14.8. The van der Waals surface area contributed by atoms with E-state index in [0.29, 0.717) is 11.8 Å². The molecule has 2 radical (unpaired) electrons. The quantitative estimate of drug-likeness (QED) is 0.751. The number of nitrogen functional groups attached to an aromatic ring is 1. The van der Waals surface area contributed by atoms with E-state index in [1.807, 2.05) is 12.1 Å². The molecule has 0 heterocycles. The zero-order chi connectivity index (χ0) is 16.0. The summed E-state index contributed by atoms with van der Waals surface area (Å²) in [6, 6.07) is 19.6. The van der Waals surface area contributed by atoms with E-state index >= 15 is 0 Å². The van der Waals surface area contributed by atoms with Crippen LogP contribution in [-0.4, -0.2) is 0 Å². The fourth-order valence-corrected chi connectivity index (χ4v) is 5.15. The van der Waals surface area contributed by atoms with E-state index in [2.05, 4.69) is 56.3 Å². The molecule has 2 atom stereocenters. The van der Waals surface area contributed by atoms with Gasteiger partial charge in [0.15, 0.2) is 0 Å². The Kier molecular flexibility index (Phi) is 3.48. The molecule has 1 heteroatoms. The van der Waals surface area contributed by atoms with Crippen LogP contribution in [0.15, 0.2) is 54.6 Å². The van der Waals surface area contributed by atoms with Crippen LogP contribution < -0.4 is 5.73 Å². The fraction of sp³-hybridized carbons (Fsp3) is 0.364. The number of fused-ring (bicyclic) bond motifs is 1. The SMILES string of the molecule is CC1(C)[C](c2ccccc2)C2CCCC2[C]1c1ccc(N)cc1. The van der Waals surface area contributed by atoms with Crippen molar-refractivity contribution in [2.24, 2.45) is 17.3 Å². The van der Waals surface area contributed by atoms with Crippen molar-refractivity contribution in [3.05, 3.63) is 77.6 Å². The van der Waals surface area contributed by atoms with E-state index in [1.165, 1.54) is 30.4 Å². The summed E-state index contributed by atoms with van der Waals surface area (Å²) in [5.41, 5.74) is 9.68. The van der Waals surface area contributed by atoms with Gasteiger partial charge in [-0.05, 0) is 53.4 Å². The second-order valence-corrected chi connectivity index (χ2v) is 7.58. The summed E-state index contributed by atoms with van der Waals surface area (Å²) in [5.74, 6) is 4.68. The van der Waals surface area contributed by atoms with Crippen molar-refractivity contribution < 1.29 is 0 Å². The van der Waals surface area contributed by atoms with Crippen molar-refractivity contribution in [2.45, 2.75) is 33.1 Å². The zero-order valence-corrected chi connectivity index (χ0v) is 14.0. The summed E-state index contributed by atoms with van der Waals surface area (Å²) in [4.78, 5) is 0. The molecule has 2 aliphatic carbocycles. The molecule has 118 valence electrons. The number of rotatable bonds is 2. The minimum Gasteiger partial charge on any atom is -0.399 e. The Morgan fingerprint density at radius 1 is 0.783 bits per heavy atom. The molecule has 0 saturated heterocycles. The van der Waals surface area contributed by atoms with Crippen molar-refractivity contribution in [3.63, 3.8) is 0 Å². The zero-order valence-electron chi connectivity index (χ0n) is 14.0. The number of benzene rings is 2. The lowest BCUT2D eigenvalue weighted by Gasteiger charge is -2.35. The second-order valence-electron chi connectivity index (χ2n) is 7.58. The first-order chi connectivity index (χ1) is 11.1. The molecule has 0 aromatic heterocycles. The van der Waals surface area contributed by atoms with Crippen molar-refractivity contribution >= 4 is 5.69 Å². The van der Waals surface area contributed by atoms with E-state index in [-0.39, 0.29) is 5.41 Å². The number of anilines is 1. The third kappa shape index (κ3) is 2.29. The number of hydrogen-bond acceptors (Lipinski definition) is 1. The highest BCUT2D eigenvalue weighted by Crippen LogP contribution is 2.65. The maximum Gasteiger partial charge on any atom is 0.0314 e. The van der Waals surface area contributed by atoms with E-state index in [9.17, 15) is 0 Å².